The number of aryl methyl sites for hydroxylation is 3. The summed E-state index contributed by atoms with van der Waals surface area (Å²) in [5.41, 5.74) is 6.83. The van der Waals surface area contributed by atoms with Crippen LogP contribution in [0.25, 0.3) is 10.9 Å². The number of aromatic nitrogens is 2. The molecule has 4 rings (SSSR count). The number of carbonyl (C=O) groups excluding carboxylic acids is 1. The summed E-state index contributed by atoms with van der Waals surface area (Å²) < 4.78 is 0. The number of benzene rings is 1. The van der Waals surface area contributed by atoms with Gasteiger partial charge in [0.2, 0.25) is 0 Å². The highest BCUT2D eigenvalue weighted by atomic mass is 16.2. The number of H-pyrrole nitrogens is 1. The van der Waals surface area contributed by atoms with Gasteiger partial charge in [0.05, 0.1) is 11.1 Å². The second-order valence-corrected chi connectivity index (χ2v) is 7.51. The van der Waals surface area contributed by atoms with Crippen LogP contribution in [0.4, 0.5) is 5.82 Å². The maximum absolute atomic E-state index is 12.4. The predicted octanol–water partition coefficient (Wildman–Crippen LogP) is 4.34. The number of likely N-dealkylation sites (tertiary alicyclic amines) is 1. The highest BCUT2D eigenvalue weighted by Crippen LogP contribution is 2.26. The van der Waals surface area contributed by atoms with Crippen LogP contribution in [0.1, 0.15) is 45.6 Å². The first kappa shape index (κ1) is 17.6. The van der Waals surface area contributed by atoms with Crippen molar-refractivity contribution in [1.29, 1.82) is 0 Å². The van der Waals surface area contributed by atoms with Crippen LogP contribution in [0.15, 0.2) is 30.5 Å². The van der Waals surface area contributed by atoms with Crippen molar-refractivity contribution in [2.75, 3.05) is 18.4 Å². The first-order valence-corrected chi connectivity index (χ1v) is 9.60. The van der Waals surface area contributed by atoms with Gasteiger partial charge in [-0.2, -0.15) is 0 Å². The van der Waals surface area contributed by atoms with Crippen molar-refractivity contribution in [3.63, 3.8) is 0 Å². The Labute approximate surface area is 159 Å². The molecule has 1 aliphatic heterocycles. The van der Waals surface area contributed by atoms with Crippen LogP contribution in [0, 0.1) is 20.8 Å². The molecule has 0 radical (unpaired) electrons. The summed E-state index contributed by atoms with van der Waals surface area (Å²) in [6.07, 6.45) is 3.88. The number of rotatable bonds is 4. The van der Waals surface area contributed by atoms with Crippen molar-refractivity contribution in [2.45, 2.75) is 40.2 Å². The molecule has 2 N–H and O–H groups in total. The second kappa shape index (κ2) is 7.06. The average Bonchev–Trinajstić information content (AvgIpc) is 3.30. The number of aromatic amines is 1. The van der Waals surface area contributed by atoms with Gasteiger partial charge in [-0.3, -0.25) is 4.79 Å². The van der Waals surface area contributed by atoms with Gasteiger partial charge in [0, 0.05) is 36.9 Å². The fraction of sp³-hybridized carbons (Fsp3) is 0.364. The molecule has 0 aliphatic carbocycles. The maximum atomic E-state index is 12.4. The van der Waals surface area contributed by atoms with E-state index in [0.29, 0.717) is 12.1 Å². The van der Waals surface area contributed by atoms with Crippen LogP contribution in [0.2, 0.25) is 0 Å². The molecule has 0 atom stereocenters. The molecule has 1 amide bonds. The summed E-state index contributed by atoms with van der Waals surface area (Å²) in [6.45, 7) is 8.79. The van der Waals surface area contributed by atoms with Crippen molar-refractivity contribution in [1.82, 2.24) is 14.9 Å². The van der Waals surface area contributed by atoms with Crippen molar-refractivity contribution in [3.05, 3.63) is 58.4 Å². The van der Waals surface area contributed by atoms with Crippen LogP contribution in [-0.2, 0) is 6.54 Å². The zero-order valence-corrected chi connectivity index (χ0v) is 16.2. The molecular formula is C22H26N4O. The smallest absolute Gasteiger partial charge is 0.255 e. The Kier molecular flexibility index (Phi) is 4.60. The lowest BCUT2D eigenvalue weighted by molar-refractivity contribution is 0.0792. The number of nitrogens with zero attached hydrogens (tertiary/aromatic N) is 2. The number of fused-ring (bicyclic) bond motifs is 1. The van der Waals surface area contributed by atoms with Gasteiger partial charge in [0.15, 0.2) is 0 Å². The molecule has 1 saturated heterocycles. The molecule has 140 valence electrons. The van der Waals surface area contributed by atoms with E-state index in [1.165, 1.54) is 33.3 Å². The summed E-state index contributed by atoms with van der Waals surface area (Å²) in [6, 6.07) is 8.19. The monoisotopic (exact) mass is 362 g/mol. The lowest BCUT2D eigenvalue weighted by Crippen LogP contribution is -2.27. The largest absolute Gasteiger partial charge is 0.366 e. The third-order valence-electron chi connectivity index (χ3n) is 5.51. The number of nitrogens with one attached hydrogen (secondary N) is 2. The van der Waals surface area contributed by atoms with Gasteiger partial charge >= 0.3 is 0 Å². The molecule has 0 spiro atoms. The Morgan fingerprint density at radius 2 is 1.96 bits per heavy atom. The van der Waals surface area contributed by atoms with E-state index in [4.69, 9.17) is 0 Å². The number of carbonyl (C=O) groups is 1. The van der Waals surface area contributed by atoms with E-state index in [-0.39, 0.29) is 5.91 Å². The Balaban J connectivity index is 1.50. The Morgan fingerprint density at radius 1 is 1.19 bits per heavy atom. The molecule has 5 heteroatoms. The van der Waals surface area contributed by atoms with E-state index in [2.05, 4.69) is 48.2 Å². The Morgan fingerprint density at radius 3 is 2.67 bits per heavy atom. The molecule has 0 unspecified atom stereocenters. The van der Waals surface area contributed by atoms with Crippen LogP contribution in [0.5, 0.6) is 0 Å². The van der Waals surface area contributed by atoms with E-state index in [0.717, 1.165) is 31.7 Å². The van der Waals surface area contributed by atoms with Gasteiger partial charge in [-0.15, -0.1) is 0 Å². The molecule has 3 aromatic rings. The number of anilines is 1. The molecule has 1 aromatic carbocycles. The average molecular weight is 362 g/mol. The van der Waals surface area contributed by atoms with Crippen molar-refractivity contribution in [3.8, 4) is 0 Å². The van der Waals surface area contributed by atoms with E-state index >= 15 is 0 Å². The molecule has 3 heterocycles. The standard InChI is InChI=1S/C22H26N4O/c1-14-10-18(21-19(11-14)15(2)16(3)25-21)13-24-20-7-6-17(12-23-20)22(27)26-8-4-5-9-26/h6-7,10-12,25H,4-5,8-9,13H2,1-3H3,(H,23,24). The maximum Gasteiger partial charge on any atom is 0.255 e. The quantitative estimate of drug-likeness (QED) is 0.726. The van der Waals surface area contributed by atoms with Crippen molar-refractivity contribution < 1.29 is 4.79 Å². The number of hydrogen-bond acceptors (Lipinski definition) is 3. The first-order valence-electron chi connectivity index (χ1n) is 9.60. The minimum absolute atomic E-state index is 0.0873. The number of hydrogen-bond donors (Lipinski definition) is 2. The second-order valence-electron chi connectivity index (χ2n) is 7.51. The Bertz CT molecular complexity index is 982. The number of pyridine rings is 1. The summed E-state index contributed by atoms with van der Waals surface area (Å²) in [4.78, 5) is 22.3. The van der Waals surface area contributed by atoms with Gasteiger partial charge in [-0.25, -0.2) is 4.98 Å². The molecule has 27 heavy (non-hydrogen) atoms. The fourth-order valence-electron chi connectivity index (χ4n) is 3.84. The van der Waals surface area contributed by atoms with Crippen molar-refractivity contribution >= 4 is 22.6 Å². The fourth-order valence-corrected chi connectivity index (χ4v) is 3.84. The van der Waals surface area contributed by atoms with E-state index in [1.807, 2.05) is 17.0 Å². The van der Waals surface area contributed by atoms with Crippen LogP contribution >= 0.6 is 0 Å². The molecule has 0 bridgehead atoms. The lowest BCUT2D eigenvalue weighted by Gasteiger charge is -2.15. The van der Waals surface area contributed by atoms with Gasteiger partial charge in [0.25, 0.3) is 5.91 Å². The van der Waals surface area contributed by atoms with E-state index < -0.39 is 0 Å². The van der Waals surface area contributed by atoms with Gasteiger partial charge in [-0.1, -0.05) is 11.6 Å². The predicted molar refractivity (Wildman–Crippen MR) is 109 cm³/mol. The summed E-state index contributed by atoms with van der Waals surface area (Å²) >= 11 is 0. The highest BCUT2D eigenvalue weighted by Gasteiger charge is 2.19. The third kappa shape index (κ3) is 3.42. The van der Waals surface area contributed by atoms with Crippen LogP contribution in [0.3, 0.4) is 0 Å². The third-order valence-corrected chi connectivity index (χ3v) is 5.51. The topological polar surface area (TPSA) is 61.0 Å². The Hall–Kier alpha value is -2.82. The zero-order valence-electron chi connectivity index (χ0n) is 16.2. The minimum Gasteiger partial charge on any atom is -0.366 e. The summed E-state index contributed by atoms with van der Waals surface area (Å²) in [5.74, 6) is 0.868. The van der Waals surface area contributed by atoms with Crippen molar-refractivity contribution in [2.24, 2.45) is 0 Å². The van der Waals surface area contributed by atoms with Crippen LogP contribution < -0.4 is 5.32 Å². The lowest BCUT2D eigenvalue weighted by atomic mass is 10.0. The molecule has 1 fully saturated rings. The summed E-state index contributed by atoms with van der Waals surface area (Å²) in [5, 5.41) is 4.67. The molecular weight excluding hydrogens is 336 g/mol. The van der Waals surface area contributed by atoms with E-state index in [9.17, 15) is 4.79 Å². The van der Waals surface area contributed by atoms with Crippen LogP contribution in [-0.4, -0.2) is 33.9 Å². The first-order chi connectivity index (χ1) is 13.0. The molecule has 5 nitrogen and oxygen atoms in total. The normalized spacial score (nSPS) is 14.1. The molecule has 2 aromatic heterocycles. The summed E-state index contributed by atoms with van der Waals surface area (Å²) in [7, 11) is 0. The SMILES string of the molecule is Cc1cc(CNc2ccc(C(=O)N3CCCC3)cn2)c2[nH]c(C)c(C)c2c1. The molecule has 1 aliphatic rings. The number of amides is 1. The minimum atomic E-state index is 0.0873. The highest BCUT2D eigenvalue weighted by molar-refractivity contribution is 5.94. The van der Waals surface area contributed by atoms with Gasteiger partial charge in [0.1, 0.15) is 5.82 Å². The zero-order chi connectivity index (χ0) is 19.0. The molecule has 0 saturated carbocycles. The van der Waals surface area contributed by atoms with Gasteiger partial charge < -0.3 is 15.2 Å². The van der Waals surface area contributed by atoms with Gasteiger partial charge in [-0.05, 0) is 62.9 Å². The van der Waals surface area contributed by atoms with E-state index in [1.54, 1.807) is 6.20 Å².